The van der Waals surface area contributed by atoms with Gasteiger partial charge in [-0.25, -0.2) is 0 Å². The van der Waals surface area contributed by atoms with Crippen molar-refractivity contribution in [2.24, 2.45) is 5.92 Å². The lowest BCUT2D eigenvalue weighted by atomic mass is 9.94. The van der Waals surface area contributed by atoms with Crippen LogP contribution in [-0.2, 0) is 33.5 Å². The number of aryl methyl sites for hydroxylation is 2. The van der Waals surface area contributed by atoms with Gasteiger partial charge >= 0.3 is 0 Å². The number of hydrogen-bond donors (Lipinski definition) is 2. The molecule has 2 aliphatic carbocycles. The summed E-state index contributed by atoms with van der Waals surface area (Å²) in [5.41, 5.74) is 3.72. The van der Waals surface area contributed by atoms with Crippen LogP contribution in [-0.4, -0.2) is 48.1 Å². The van der Waals surface area contributed by atoms with Gasteiger partial charge in [-0.1, -0.05) is 0 Å². The summed E-state index contributed by atoms with van der Waals surface area (Å²) in [6.45, 7) is 2.09. The predicted molar refractivity (Wildman–Crippen MR) is 93.4 cm³/mol. The van der Waals surface area contributed by atoms with Crippen LogP contribution in [0.15, 0.2) is 0 Å². The highest BCUT2D eigenvalue weighted by Gasteiger charge is 2.30. The molecular weight excluding hydrogens is 318 g/mol. The number of H-pyrrole nitrogens is 1. The first-order valence-electron chi connectivity index (χ1n) is 9.83. The molecule has 0 spiro atoms. The van der Waals surface area contributed by atoms with E-state index < -0.39 is 0 Å². The van der Waals surface area contributed by atoms with E-state index in [9.17, 15) is 4.79 Å². The number of aromatic amines is 1. The van der Waals surface area contributed by atoms with Gasteiger partial charge < -0.3 is 14.8 Å². The van der Waals surface area contributed by atoms with E-state index in [1.165, 1.54) is 36.9 Å². The highest BCUT2D eigenvalue weighted by molar-refractivity contribution is 5.76. The summed E-state index contributed by atoms with van der Waals surface area (Å²) < 4.78 is 11.5. The standard InChI is InChI=1S/C19H29N3O3/c23-19(8-7-16-14-3-1-2-4-15(14)21-22-16)20-17-9-10-24-12-18(17)25-11-13-5-6-13/h13,17-18H,1-12H2,(H,20,23)(H,21,22)/t17-,18-/m1/s1. The Hall–Kier alpha value is -1.40. The molecular formula is C19H29N3O3. The van der Waals surface area contributed by atoms with E-state index in [2.05, 4.69) is 15.5 Å². The van der Waals surface area contributed by atoms with E-state index in [1.54, 1.807) is 0 Å². The molecule has 1 aromatic heterocycles. The Bertz CT molecular complexity index is 597. The lowest BCUT2D eigenvalue weighted by molar-refractivity contribution is -0.126. The summed E-state index contributed by atoms with van der Waals surface area (Å²) in [4.78, 5) is 12.4. The Morgan fingerprint density at radius 3 is 3.04 bits per heavy atom. The van der Waals surface area contributed by atoms with Crippen molar-refractivity contribution in [3.05, 3.63) is 17.0 Å². The molecule has 1 amide bonds. The van der Waals surface area contributed by atoms with Crippen LogP contribution < -0.4 is 5.32 Å². The van der Waals surface area contributed by atoms with Gasteiger partial charge in [-0.15, -0.1) is 0 Å². The van der Waals surface area contributed by atoms with Gasteiger partial charge in [0.15, 0.2) is 0 Å². The summed E-state index contributed by atoms with van der Waals surface area (Å²) in [6, 6.07) is 0.0769. The van der Waals surface area contributed by atoms with E-state index in [4.69, 9.17) is 9.47 Å². The largest absolute Gasteiger partial charge is 0.379 e. The molecule has 2 atom stereocenters. The third kappa shape index (κ3) is 4.42. The number of carbonyl (C=O) groups is 1. The highest BCUT2D eigenvalue weighted by atomic mass is 16.5. The first kappa shape index (κ1) is 17.0. The number of rotatable bonds is 7. The second-order valence-electron chi connectivity index (χ2n) is 7.69. The van der Waals surface area contributed by atoms with Gasteiger partial charge in [-0.2, -0.15) is 5.10 Å². The third-order valence-corrected chi connectivity index (χ3v) is 5.62. The van der Waals surface area contributed by atoms with Crippen LogP contribution in [0.25, 0.3) is 0 Å². The summed E-state index contributed by atoms with van der Waals surface area (Å²) in [6.07, 6.45) is 9.25. The molecule has 2 fully saturated rings. The number of nitrogens with zero attached hydrogens (tertiary/aromatic N) is 1. The summed E-state index contributed by atoms with van der Waals surface area (Å²) in [5, 5.41) is 10.8. The molecule has 1 saturated carbocycles. The molecule has 0 bridgehead atoms. The SMILES string of the molecule is O=C(CCc1n[nH]c2c1CCCC2)N[C@@H]1CCOC[C@H]1OCC1CC1. The maximum atomic E-state index is 12.4. The molecule has 1 aliphatic heterocycles. The second kappa shape index (κ2) is 7.87. The van der Waals surface area contributed by atoms with E-state index in [-0.39, 0.29) is 18.1 Å². The minimum atomic E-state index is -0.00329. The van der Waals surface area contributed by atoms with Crippen molar-refractivity contribution < 1.29 is 14.3 Å². The highest BCUT2D eigenvalue weighted by Crippen LogP contribution is 2.30. The van der Waals surface area contributed by atoms with Crippen molar-refractivity contribution in [3.8, 4) is 0 Å². The molecule has 0 aromatic carbocycles. The summed E-state index contributed by atoms with van der Waals surface area (Å²) >= 11 is 0. The Labute approximate surface area is 149 Å². The quantitative estimate of drug-likeness (QED) is 0.790. The Kier molecular flexibility index (Phi) is 5.36. The lowest BCUT2D eigenvalue weighted by Gasteiger charge is -2.32. The molecule has 6 nitrogen and oxygen atoms in total. The normalized spacial score (nSPS) is 26.2. The smallest absolute Gasteiger partial charge is 0.220 e. The third-order valence-electron chi connectivity index (χ3n) is 5.62. The van der Waals surface area contributed by atoms with E-state index >= 15 is 0 Å². The Balaban J connectivity index is 1.26. The zero-order valence-corrected chi connectivity index (χ0v) is 14.9. The monoisotopic (exact) mass is 347 g/mol. The first-order chi connectivity index (χ1) is 12.3. The summed E-state index contributed by atoms with van der Waals surface area (Å²) in [5.74, 6) is 0.823. The number of carbonyl (C=O) groups excluding carboxylic acids is 1. The molecule has 2 heterocycles. The zero-order valence-electron chi connectivity index (χ0n) is 14.9. The lowest BCUT2D eigenvalue weighted by Crippen LogP contribution is -2.50. The van der Waals surface area contributed by atoms with Crippen molar-refractivity contribution in [1.82, 2.24) is 15.5 Å². The van der Waals surface area contributed by atoms with Crippen LogP contribution in [0, 0.1) is 5.92 Å². The topological polar surface area (TPSA) is 76.2 Å². The van der Waals surface area contributed by atoms with Crippen LogP contribution in [0.5, 0.6) is 0 Å². The van der Waals surface area contributed by atoms with Crippen LogP contribution in [0.3, 0.4) is 0 Å². The van der Waals surface area contributed by atoms with E-state index in [1.807, 2.05) is 0 Å². The molecule has 25 heavy (non-hydrogen) atoms. The molecule has 138 valence electrons. The van der Waals surface area contributed by atoms with E-state index in [0.717, 1.165) is 37.5 Å². The van der Waals surface area contributed by atoms with Crippen LogP contribution in [0.1, 0.15) is 55.5 Å². The van der Waals surface area contributed by atoms with Crippen molar-refractivity contribution >= 4 is 5.91 Å². The number of nitrogens with one attached hydrogen (secondary N) is 2. The molecule has 4 rings (SSSR count). The van der Waals surface area contributed by atoms with Gasteiger partial charge in [-0.3, -0.25) is 9.89 Å². The van der Waals surface area contributed by atoms with Gasteiger partial charge in [0.25, 0.3) is 0 Å². The second-order valence-corrected chi connectivity index (χ2v) is 7.69. The minimum Gasteiger partial charge on any atom is -0.379 e. The number of ether oxygens (including phenoxy) is 2. The predicted octanol–water partition coefficient (Wildman–Crippen LogP) is 1.92. The molecule has 6 heteroatoms. The van der Waals surface area contributed by atoms with Crippen LogP contribution >= 0.6 is 0 Å². The molecule has 3 aliphatic rings. The first-order valence-corrected chi connectivity index (χ1v) is 9.83. The maximum absolute atomic E-state index is 12.4. The van der Waals surface area contributed by atoms with Crippen molar-refractivity contribution in [1.29, 1.82) is 0 Å². The molecule has 0 radical (unpaired) electrons. The van der Waals surface area contributed by atoms with Gasteiger partial charge in [0.2, 0.25) is 5.91 Å². The fraction of sp³-hybridized carbons (Fsp3) is 0.789. The average molecular weight is 347 g/mol. The van der Waals surface area contributed by atoms with Gasteiger partial charge in [0, 0.05) is 31.7 Å². The van der Waals surface area contributed by atoms with Gasteiger partial charge in [0.1, 0.15) is 6.10 Å². The van der Waals surface area contributed by atoms with Crippen molar-refractivity contribution in [3.63, 3.8) is 0 Å². The maximum Gasteiger partial charge on any atom is 0.220 e. The van der Waals surface area contributed by atoms with Crippen molar-refractivity contribution in [2.45, 2.75) is 69.9 Å². The zero-order chi connectivity index (χ0) is 17.1. The van der Waals surface area contributed by atoms with Gasteiger partial charge in [-0.05, 0) is 56.4 Å². The molecule has 1 saturated heterocycles. The number of aromatic nitrogens is 2. The van der Waals surface area contributed by atoms with Crippen LogP contribution in [0.2, 0.25) is 0 Å². The number of fused-ring (bicyclic) bond motifs is 1. The Morgan fingerprint density at radius 1 is 1.28 bits per heavy atom. The fourth-order valence-corrected chi connectivity index (χ4v) is 3.85. The van der Waals surface area contributed by atoms with E-state index in [0.29, 0.717) is 26.1 Å². The van der Waals surface area contributed by atoms with Gasteiger partial charge in [0.05, 0.1) is 18.3 Å². The molecule has 1 aromatic rings. The minimum absolute atomic E-state index is 0.00329. The number of hydrogen-bond acceptors (Lipinski definition) is 4. The molecule has 2 N–H and O–H groups in total. The summed E-state index contributed by atoms with van der Waals surface area (Å²) in [7, 11) is 0. The van der Waals surface area contributed by atoms with Crippen molar-refractivity contribution in [2.75, 3.05) is 19.8 Å². The number of amides is 1. The Morgan fingerprint density at radius 2 is 2.16 bits per heavy atom. The fourth-order valence-electron chi connectivity index (χ4n) is 3.85. The van der Waals surface area contributed by atoms with Crippen LogP contribution in [0.4, 0.5) is 0 Å². The molecule has 0 unspecified atom stereocenters. The average Bonchev–Trinajstić information content (AvgIpc) is 3.38.